The molecule has 0 aliphatic carbocycles. The molecule has 0 amide bonds. The predicted octanol–water partition coefficient (Wildman–Crippen LogP) is 4.99. The van der Waals surface area contributed by atoms with Gasteiger partial charge in [-0.15, -0.1) is 10.2 Å². The lowest BCUT2D eigenvalue weighted by atomic mass is 10.1. The Morgan fingerprint density at radius 3 is 2.61 bits per heavy atom. The highest BCUT2D eigenvalue weighted by Crippen LogP contribution is 2.43. The standard InChI is InChI=1S/C20H20BrFN4O4S/c1-4-30-19-16(21)9-13(10-17(19)29-3)18(11-25(27)28)31-20-24-23-12(2)26(20)15-7-5-14(22)6-8-15/h5-10,18H,4,11H2,1-3H3/t18-/m0/s1. The molecule has 0 spiro atoms. The van der Waals surface area contributed by atoms with Crippen molar-refractivity contribution < 1.29 is 18.8 Å². The molecule has 0 saturated heterocycles. The van der Waals surface area contributed by atoms with Crippen molar-refractivity contribution >= 4 is 27.7 Å². The second-order valence-corrected chi connectivity index (χ2v) is 8.45. The van der Waals surface area contributed by atoms with Gasteiger partial charge in [-0.25, -0.2) is 4.39 Å². The summed E-state index contributed by atoms with van der Waals surface area (Å²) >= 11 is 4.67. The van der Waals surface area contributed by atoms with Crippen molar-refractivity contribution in [2.75, 3.05) is 20.3 Å². The number of ether oxygens (including phenoxy) is 2. The van der Waals surface area contributed by atoms with Crippen molar-refractivity contribution in [1.82, 2.24) is 14.8 Å². The van der Waals surface area contributed by atoms with Crippen molar-refractivity contribution in [2.45, 2.75) is 24.3 Å². The summed E-state index contributed by atoms with van der Waals surface area (Å²) in [7, 11) is 1.51. The van der Waals surface area contributed by atoms with E-state index in [4.69, 9.17) is 9.47 Å². The largest absolute Gasteiger partial charge is 0.493 e. The molecule has 3 rings (SSSR count). The maximum absolute atomic E-state index is 13.4. The summed E-state index contributed by atoms with van der Waals surface area (Å²) in [6.45, 7) is 3.72. The van der Waals surface area contributed by atoms with E-state index in [1.807, 2.05) is 6.92 Å². The summed E-state index contributed by atoms with van der Waals surface area (Å²) in [5.74, 6) is 1.22. The molecule has 0 aliphatic rings. The zero-order chi connectivity index (χ0) is 22.5. The van der Waals surface area contributed by atoms with Crippen molar-refractivity contribution in [3.63, 3.8) is 0 Å². The van der Waals surface area contributed by atoms with Crippen molar-refractivity contribution in [3.8, 4) is 17.2 Å². The van der Waals surface area contributed by atoms with Gasteiger partial charge in [0.1, 0.15) is 16.9 Å². The molecule has 8 nitrogen and oxygen atoms in total. The third kappa shape index (κ3) is 5.34. The van der Waals surface area contributed by atoms with Gasteiger partial charge < -0.3 is 9.47 Å². The summed E-state index contributed by atoms with van der Waals surface area (Å²) in [5.41, 5.74) is 1.33. The molecule has 1 aromatic heterocycles. The fourth-order valence-corrected chi connectivity index (χ4v) is 4.72. The Hall–Kier alpha value is -2.66. The minimum atomic E-state index is -0.585. The molecule has 0 fully saturated rings. The minimum absolute atomic E-state index is 0.344. The van der Waals surface area contributed by atoms with Gasteiger partial charge in [0.15, 0.2) is 16.7 Å². The van der Waals surface area contributed by atoms with Crippen molar-refractivity contribution in [1.29, 1.82) is 0 Å². The Labute approximate surface area is 191 Å². The van der Waals surface area contributed by atoms with E-state index in [1.54, 1.807) is 35.8 Å². The zero-order valence-electron chi connectivity index (χ0n) is 17.0. The number of thioether (sulfide) groups is 1. The van der Waals surface area contributed by atoms with Crippen LogP contribution in [-0.4, -0.2) is 39.9 Å². The first kappa shape index (κ1) is 23.0. The molecule has 0 saturated carbocycles. The van der Waals surface area contributed by atoms with E-state index >= 15 is 0 Å². The lowest BCUT2D eigenvalue weighted by Gasteiger charge is -2.18. The molecule has 0 radical (unpaired) electrons. The SMILES string of the molecule is CCOc1c(Br)cc([C@H](C[N+](=O)[O-])Sc2nnc(C)n2-c2ccc(F)cc2)cc1OC. The van der Waals surface area contributed by atoms with Crippen LogP contribution in [0.1, 0.15) is 23.6 Å². The molecule has 0 aliphatic heterocycles. The Morgan fingerprint density at radius 2 is 2.00 bits per heavy atom. The van der Waals surface area contributed by atoms with Crippen molar-refractivity contribution in [2.24, 2.45) is 0 Å². The van der Waals surface area contributed by atoms with Gasteiger partial charge in [0.05, 0.1) is 18.2 Å². The molecule has 1 heterocycles. The highest BCUT2D eigenvalue weighted by Gasteiger charge is 2.26. The summed E-state index contributed by atoms with van der Waals surface area (Å²) in [5, 5.41) is 19.6. The number of hydrogen-bond acceptors (Lipinski definition) is 7. The molecular weight excluding hydrogens is 491 g/mol. The average Bonchev–Trinajstić information content (AvgIpc) is 3.09. The van der Waals surface area contributed by atoms with Crippen LogP contribution in [0.4, 0.5) is 4.39 Å². The molecule has 1 atom stereocenters. The second kappa shape index (κ2) is 10.1. The molecule has 11 heteroatoms. The van der Waals surface area contributed by atoms with Gasteiger partial charge in [0, 0.05) is 10.6 Å². The van der Waals surface area contributed by atoms with Crippen LogP contribution < -0.4 is 9.47 Å². The Kier molecular flexibility index (Phi) is 7.50. The number of hydrogen-bond donors (Lipinski definition) is 0. The number of methoxy groups -OCH3 is 1. The molecule has 164 valence electrons. The van der Waals surface area contributed by atoms with Gasteiger partial charge >= 0.3 is 0 Å². The number of benzene rings is 2. The van der Waals surface area contributed by atoms with E-state index < -0.39 is 5.25 Å². The number of halogens is 2. The number of rotatable bonds is 9. The first-order valence-electron chi connectivity index (χ1n) is 9.30. The lowest BCUT2D eigenvalue weighted by Crippen LogP contribution is -2.12. The third-order valence-electron chi connectivity index (χ3n) is 4.35. The summed E-state index contributed by atoms with van der Waals surface area (Å²) in [4.78, 5) is 11.0. The second-order valence-electron chi connectivity index (χ2n) is 6.43. The molecule has 31 heavy (non-hydrogen) atoms. The van der Waals surface area contributed by atoms with E-state index in [0.29, 0.717) is 44.8 Å². The maximum atomic E-state index is 13.4. The van der Waals surface area contributed by atoms with Crippen LogP contribution >= 0.6 is 27.7 Å². The van der Waals surface area contributed by atoms with E-state index in [-0.39, 0.29) is 17.3 Å². The fraction of sp³-hybridized carbons (Fsp3) is 0.300. The predicted molar refractivity (Wildman–Crippen MR) is 118 cm³/mol. The van der Waals surface area contributed by atoms with Crippen LogP contribution in [0.25, 0.3) is 5.69 Å². The van der Waals surface area contributed by atoms with Gasteiger partial charge in [-0.05, 0) is 71.7 Å². The smallest absolute Gasteiger partial charge is 0.220 e. The summed E-state index contributed by atoms with van der Waals surface area (Å²) in [6, 6.07) is 9.39. The number of aromatic nitrogens is 3. The van der Waals surface area contributed by atoms with Gasteiger partial charge in [-0.1, -0.05) is 11.8 Å². The molecule has 0 N–H and O–H groups in total. The lowest BCUT2D eigenvalue weighted by molar-refractivity contribution is -0.479. The van der Waals surface area contributed by atoms with Crippen LogP contribution in [0.3, 0.4) is 0 Å². The topological polar surface area (TPSA) is 92.3 Å². The van der Waals surface area contributed by atoms with Gasteiger partial charge in [0.25, 0.3) is 0 Å². The van der Waals surface area contributed by atoms with Crippen LogP contribution in [0, 0.1) is 22.9 Å². The van der Waals surface area contributed by atoms with E-state index in [9.17, 15) is 14.5 Å². The minimum Gasteiger partial charge on any atom is -0.493 e. The van der Waals surface area contributed by atoms with Crippen LogP contribution in [0.2, 0.25) is 0 Å². The Bertz CT molecular complexity index is 1080. The van der Waals surface area contributed by atoms with Gasteiger partial charge in [-0.2, -0.15) is 0 Å². The van der Waals surface area contributed by atoms with Gasteiger partial charge in [0.2, 0.25) is 6.54 Å². The van der Waals surface area contributed by atoms with Crippen molar-refractivity contribution in [3.05, 3.63) is 68.2 Å². The van der Waals surface area contributed by atoms with Gasteiger partial charge in [-0.3, -0.25) is 14.7 Å². The highest BCUT2D eigenvalue weighted by molar-refractivity contribution is 9.10. The summed E-state index contributed by atoms with van der Waals surface area (Å²) < 4.78 is 26.8. The molecular formula is C20H20BrFN4O4S. The molecule has 0 bridgehead atoms. The Morgan fingerprint density at radius 1 is 1.29 bits per heavy atom. The van der Waals surface area contributed by atoms with E-state index in [2.05, 4.69) is 26.1 Å². The number of nitro groups is 1. The normalized spacial score (nSPS) is 11.9. The summed E-state index contributed by atoms with van der Waals surface area (Å²) in [6.07, 6.45) is 0. The van der Waals surface area contributed by atoms with Crippen LogP contribution in [0.5, 0.6) is 11.5 Å². The maximum Gasteiger partial charge on any atom is 0.220 e. The third-order valence-corrected chi connectivity index (χ3v) is 6.12. The van der Waals surface area contributed by atoms with Crippen LogP contribution in [0.15, 0.2) is 46.0 Å². The molecule has 0 unspecified atom stereocenters. The number of aryl methyl sites for hydroxylation is 1. The first-order chi connectivity index (χ1) is 14.8. The zero-order valence-corrected chi connectivity index (χ0v) is 19.4. The monoisotopic (exact) mass is 510 g/mol. The molecule has 2 aromatic carbocycles. The van der Waals surface area contributed by atoms with E-state index in [1.165, 1.54) is 31.0 Å². The van der Waals surface area contributed by atoms with Crippen LogP contribution in [-0.2, 0) is 0 Å². The Balaban J connectivity index is 2.02. The first-order valence-corrected chi connectivity index (χ1v) is 11.0. The number of nitrogens with zero attached hydrogens (tertiary/aromatic N) is 4. The fourth-order valence-electron chi connectivity index (χ4n) is 2.99. The molecule has 3 aromatic rings. The highest BCUT2D eigenvalue weighted by atomic mass is 79.9. The van der Waals surface area contributed by atoms with E-state index in [0.717, 1.165) is 0 Å². The average molecular weight is 511 g/mol. The quantitative estimate of drug-likeness (QED) is 0.227.